The van der Waals surface area contributed by atoms with E-state index in [1.54, 1.807) is 4.90 Å². The summed E-state index contributed by atoms with van der Waals surface area (Å²) in [5.41, 5.74) is 0.629. The maximum Gasteiger partial charge on any atom is 0.254 e. The van der Waals surface area contributed by atoms with Crippen molar-refractivity contribution in [2.75, 3.05) is 26.2 Å². The maximum absolute atomic E-state index is 13.0. The topological polar surface area (TPSA) is 57.7 Å². The molecule has 1 aliphatic rings. The molecule has 5 nitrogen and oxygen atoms in total. The van der Waals surface area contributed by atoms with Crippen molar-refractivity contribution >= 4 is 49.9 Å². The number of piperazine rings is 1. The van der Waals surface area contributed by atoms with Crippen molar-refractivity contribution in [3.05, 3.63) is 76.3 Å². The lowest BCUT2D eigenvalue weighted by atomic mass is 10.0. The number of nitrogens with zero attached hydrogens (tertiary/aromatic N) is 2. The van der Waals surface area contributed by atoms with Crippen LogP contribution >= 0.6 is 23.2 Å². The van der Waals surface area contributed by atoms with Crippen LogP contribution in [0.5, 0.6) is 0 Å². The Kier molecular flexibility index (Phi) is 5.53. The number of hydrogen-bond donors (Lipinski definition) is 0. The highest BCUT2D eigenvalue weighted by molar-refractivity contribution is 7.89. The third kappa shape index (κ3) is 3.85. The van der Waals surface area contributed by atoms with E-state index in [0.29, 0.717) is 23.7 Å². The molecule has 0 bridgehead atoms. The first-order chi connectivity index (χ1) is 13.9. The summed E-state index contributed by atoms with van der Waals surface area (Å²) in [7, 11) is -3.70. The molecule has 0 spiro atoms. The second-order valence-corrected chi connectivity index (χ2v) is 9.55. The second-order valence-electron chi connectivity index (χ2n) is 6.80. The molecule has 1 fully saturated rings. The standard InChI is InChI=1S/C21H18Cl2N2O3S/c22-19-9-8-16(14-20(19)23)29(27,28)25-12-10-24(11-13-25)21(26)18-7-3-5-15-4-1-2-6-17(15)18/h1-9,14H,10-13H2. The van der Waals surface area contributed by atoms with Gasteiger partial charge in [0.05, 0.1) is 14.9 Å². The molecule has 0 aliphatic carbocycles. The summed E-state index contributed by atoms with van der Waals surface area (Å²) < 4.78 is 27.2. The number of sulfonamides is 1. The first-order valence-electron chi connectivity index (χ1n) is 9.10. The number of carbonyl (C=O) groups excluding carboxylic acids is 1. The number of rotatable bonds is 3. The predicted molar refractivity (Wildman–Crippen MR) is 115 cm³/mol. The largest absolute Gasteiger partial charge is 0.336 e. The van der Waals surface area contributed by atoms with Crippen molar-refractivity contribution in [3.8, 4) is 0 Å². The molecule has 3 aromatic carbocycles. The Balaban J connectivity index is 1.51. The molecule has 1 aliphatic heterocycles. The molecule has 29 heavy (non-hydrogen) atoms. The Labute approximate surface area is 179 Å². The molecular formula is C21H18Cl2N2O3S. The van der Waals surface area contributed by atoms with Crippen molar-refractivity contribution < 1.29 is 13.2 Å². The van der Waals surface area contributed by atoms with Crippen molar-refractivity contribution in [3.63, 3.8) is 0 Å². The average Bonchev–Trinajstić information content (AvgIpc) is 2.74. The number of halogens is 2. The van der Waals surface area contributed by atoms with E-state index in [0.717, 1.165) is 10.8 Å². The molecule has 1 amide bonds. The monoisotopic (exact) mass is 448 g/mol. The fraction of sp³-hybridized carbons (Fsp3) is 0.190. The minimum Gasteiger partial charge on any atom is -0.336 e. The third-order valence-electron chi connectivity index (χ3n) is 5.07. The van der Waals surface area contributed by atoms with Crippen molar-refractivity contribution in [1.29, 1.82) is 0 Å². The highest BCUT2D eigenvalue weighted by Gasteiger charge is 2.31. The zero-order chi connectivity index (χ0) is 20.6. The third-order valence-corrected chi connectivity index (χ3v) is 7.71. The van der Waals surface area contributed by atoms with E-state index in [2.05, 4.69) is 0 Å². The summed E-state index contributed by atoms with van der Waals surface area (Å²) in [5, 5.41) is 2.39. The molecule has 8 heteroatoms. The van der Waals surface area contributed by atoms with Gasteiger partial charge in [-0.15, -0.1) is 0 Å². The molecule has 4 rings (SSSR count). The summed E-state index contributed by atoms with van der Waals surface area (Å²) in [6.45, 7) is 1.09. The lowest BCUT2D eigenvalue weighted by Gasteiger charge is -2.34. The van der Waals surface area contributed by atoms with Gasteiger partial charge in [0.2, 0.25) is 10.0 Å². The quantitative estimate of drug-likeness (QED) is 0.600. The van der Waals surface area contributed by atoms with Crippen LogP contribution in [0.4, 0.5) is 0 Å². The first kappa shape index (κ1) is 20.2. The Morgan fingerprint density at radius 3 is 2.24 bits per heavy atom. The first-order valence-corrected chi connectivity index (χ1v) is 11.3. The van der Waals surface area contributed by atoms with Crippen LogP contribution in [0.2, 0.25) is 10.0 Å². The zero-order valence-corrected chi connectivity index (χ0v) is 17.7. The Morgan fingerprint density at radius 1 is 0.828 bits per heavy atom. The maximum atomic E-state index is 13.0. The molecular weight excluding hydrogens is 431 g/mol. The number of carbonyl (C=O) groups is 1. The van der Waals surface area contributed by atoms with Gasteiger partial charge in [-0.05, 0) is 35.0 Å². The van der Waals surface area contributed by atoms with E-state index < -0.39 is 10.0 Å². The molecule has 150 valence electrons. The molecule has 0 unspecified atom stereocenters. The van der Waals surface area contributed by atoms with Gasteiger partial charge in [0.15, 0.2) is 0 Å². The van der Waals surface area contributed by atoms with Crippen molar-refractivity contribution in [2.24, 2.45) is 0 Å². The average molecular weight is 449 g/mol. The summed E-state index contributed by atoms with van der Waals surface area (Å²) in [6, 6.07) is 17.6. The van der Waals surface area contributed by atoms with Crippen LogP contribution in [0.3, 0.4) is 0 Å². The van der Waals surface area contributed by atoms with Gasteiger partial charge in [0, 0.05) is 31.7 Å². The van der Waals surface area contributed by atoms with Gasteiger partial charge in [-0.2, -0.15) is 4.31 Å². The molecule has 3 aromatic rings. The van der Waals surface area contributed by atoms with Gasteiger partial charge >= 0.3 is 0 Å². The van der Waals surface area contributed by atoms with Crippen LogP contribution < -0.4 is 0 Å². The van der Waals surface area contributed by atoms with Gasteiger partial charge < -0.3 is 4.90 Å². The number of fused-ring (bicyclic) bond motifs is 1. The summed E-state index contributed by atoms with van der Waals surface area (Å²) in [4.78, 5) is 14.8. The fourth-order valence-corrected chi connectivity index (χ4v) is 5.31. The molecule has 0 radical (unpaired) electrons. The molecule has 0 atom stereocenters. The summed E-state index contributed by atoms with van der Waals surface area (Å²) >= 11 is 11.9. The Morgan fingerprint density at radius 2 is 1.52 bits per heavy atom. The number of benzene rings is 3. The van der Waals surface area contributed by atoms with E-state index in [-0.39, 0.29) is 28.9 Å². The van der Waals surface area contributed by atoms with E-state index in [1.165, 1.54) is 22.5 Å². The minimum absolute atomic E-state index is 0.0895. The molecule has 0 saturated carbocycles. The fourth-order valence-electron chi connectivity index (χ4n) is 3.50. The van der Waals surface area contributed by atoms with Crippen LogP contribution in [-0.4, -0.2) is 49.7 Å². The van der Waals surface area contributed by atoms with Crippen LogP contribution in [-0.2, 0) is 10.0 Å². The van der Waals surface area contributed by atoms with E-state index in [9.17, 15) is 13.2 Å². The lowest BCUT2D eigenvalue weighted by Crippen LogP contribution is -2.50. The molecule has 1 saturated heterocycles. The van der Waals surface area contributed by atoms with Crippen LogP contribution in [0.15, 0.2) is 65.6 Å². The van der Waals surface area contributed by atoms with Crippen LogP contribution in [0.1, 0.15) is 10.4 Å². The normalized spacial score (nSPS) is 15.6. The second kappa shape index (κ2) is 7.95. The van der Waals surface area contributed by atoms with Gasteiger partial charge in [0.1, 0.15) is 0 Å². The zero-order valence-electron chi connectivity index (χ0n) is 15.4. The van der Waals surface area contributed by atoms with Gasteiger partial charge in [-0.3, -0.25) is 4.79 Å². The van der Waals surface area contributed by atoms with E-state index in [4.69, 9.17) is 23.2 Å². The van der Waals surface area contributed by atoms with E-state index >= 15 is 0 Å². The number of hydrogen-bond acceptors (Lipinski definition) is 3. The SMILES string of the molecule is O=C(c1cccc2ccccc12)N1CCN(S(=O)(=O)c2ccc(Cl)c(Cl)c2)CC1. The van der Waals surface area contributed by atoms with Gasteiger partial charge in [-0.1, -0.05) is 59.6 Å². The Bertz CT molecular complexity index is 1180. The molecule has 0 aromatic heterocycles. The molecule has 0 N–H and O–H groups in total. The smallest absolute Gasteiger partial charge is 0.254 e. The van der Waals surface area contributed by atoms with Gasteiger partial charge in [-0.25, -0.2) is 8.42 Å². The highest BCUT2D eigenvalue weighted by Crippen LogP contribution is 2.27. The van der Waals surface area contributed by atoms with Crippen molar-refractivity contribution in [2.45, 2.75) is 4.90 Å². The Hall–Kier alpha value is -2.12. The van der Waals surface area contributed by atoms with E-state index in [1.807, 2.05) is 42.5 Å². The lowest BCUT2D eigenvalue weighted by molar-refractivity contribution is 0.0700. The van der Waals surface area contributed by atoms with Crippen LogP contribution in [0.25, 0.3) is 10.8 Å². The number of amides is 1. The summed E-state index contributed by atoms with van der Waals surface area (Å²) in [6.07, 6.45) is 0. The predicted octanol–water partition coefficient (Wildman–Crippen LogP) is 4.29. The highest BCUT2D eigenvalue weighted by atomic mass is 35.5. The van der Waals surface area contributed by atoms with Gasteiger partial charge in [0.25, 0.3) is 5.91 Å². The van der Waals surface area contributed by atoms with Crippen LogP contribution in [0, 0.1) is 0 Å². The molecule has 1 heterocycles. The van der Waals surface area contributed by atoms with Crippen molar-refractivity contribution in [1.82, 2.24) is 9.21 Å². The minimum atomic E-state index is -3.70. The summed E-state index contributed by atoms with van der Waals surface area (Å²) in [5.74, 6) is -0.0895.